The van der Waals surface area contributed by atoms with Crippen LogP contribution in [0.3, 0.4) is 0 Å². The van der Waals surface area contributed by atoms with E-state index in [1.807, 2.05) is 0 Å². The van der Waals surface area contributed by atoms with Crippen LogP contribution in [0.25, 0.3) is 0 Å². The number of hydrogen-bond donors (Lipinski definition) is 3. The van der Waals surface area contributed by atoms with Gasteiger partial charge in [0.25, 0.3) is 0 Å². The summed E-state index contributed by atoms with van der Waals surface area (Å²) in [6.07, 6.45) is 3.96. The molecule has 0 fully saturated rings. The number of nitrogen functional groups attached to an aromatic ring is 1. The van der Waals surface area contributed by atoms with Crippen molar-refractivity contribution >= 4 is 11.4 Å². The minimum atomic E-state index is -0.316. The van der Waals surface area contributed by atoms with Gasteiger partial charge in [-0.15, -0.1) is 0 Å². The summed E-state index contributed by atoms with van der Waals surface area (Å²) in [7, 11) is 0. The lowest BCUT2D eigenvalue weighted by Gasteiger charge is -2.02. The highest BCUT2D eigenvalue weighted by Gasteiger charge is 2.11. The zero-order valence-corrected chi connectivity index (χ0v) is 7.65. The number of H-pyrrole nitrogens is 1. The van der Waals surface area contributed by atoms with E-state index in [0.717, 1.165) is 0 Å². The number of rotatable bonds is 2. The van der Waals surface area contributed by atoms with E-state index in [1.165, 1.54) is 24.9 Å². The molecule has 2 aromatic heterocycles. The van der Waals surface area contributed by atoms with Crippen LogP contribution in [-0.4, -0.2) is 15.7 Å². The number of hydrogen-bond acceptors (Lipinski definition) is 5. The maximum Gasteiger partial charge on any atom is 0.248 e. The van der Waals surface area contributed by atoms with E-state index in [2.05, 4.69) is 9.97 Å². The fourth-order valence-corrected chi connectivity index (χ4v) is 1.17. The summed E-state index contributed by atoms with van der Waals surface area (Å²) in [6.45, 7) is 0. The Hall–Kier alpha value is -2.37. The molecule has 0 spiro atoms. The first-order valence-corrected chi connectivity index (χ1v) is 4.14. The minimum Gasteiger partial charge on any atom is -0.442 e. The highest BCUT2D eigenvalue weighted by molar-refractivity contribution is 6.11. The molecular weight excluding hydrogens is 196 g/mol. The second-order valence-electron chi connectivity index (χ2n) is 2.91. The highest BCUT2D eigenvalue weighted by Crippen LogP contribution is 2.12. The van der Waals surface area contributed by atoms with Gasteiger partial charge < -0.3 is 15.1 Å². The average Bonchev–Trinajstić information content (AvgIpc) is 2.74. The van der Waals surface area contributed by atoms with E-state index < -0.39 is 0 Å². The first kappa shape index (κ1) is 9.20. The predicted octanol–water partition coefficient (Wildman–Crippen LogP) is 0.361. The summed E-state index contributed by atoms with van der Waals surface area (Å²) in [5.41, 5.74) is 5.99. The van der Waals surface area contributed by atoms with Gasteiger partial charge in [-0.2, -0.15) is 0 Å². The number of nitrogens with zero attached hydrogens (tertiary/aromatic N) is 1. The number of nitrogens with one attached hydrogen (secondary N) is 2. The van der Waals surface area contributed by atoms with Crippen molar-refractivity contribution in [3.05, 3.63) is 46.5 Å². The van der Waals surface area contributed by atoms with Gasteiger partial charge in [0.1, 0.15) is 5.71 Å². The third kappa shape index (κ3) is 1.64. The van der Waals surface area contributed by atoms with Crippen molar-refractivity contribution in [2.24, 2.45) is 0 Å². The molecule has 76 valence electrons. The van der Waals surface area contributed by atoms with Crippen LogP contribution in [0, 0.1) is 5.41 Å². The van der Waals surface area contributed by atoms with E-state index in [1.54, 1.807) is 0 Å². The summed E-state index contributed by atoms with van der Waals surface area (Å²) < 4.78 is 4.94. The number of aromatic amines is 1. The van der Waals surface area contributed by atoms with Crippen LogP contribution in [0.5, 0.6) is 0 Å². The lowest BCUT2D eigenvalue weighted by atomic mass is 10.1. The molecule has 0 bridgehead atoms. The van der Waals surface area contributed by atoms with Crippen LogP contribution in [-0.2, 0) is 0 Å². The Morgan fingerprint density at radius 3 is 3.07 bits per heavy atom. The van der Waals surface area contributed by atoms with Gasteiger partial charge >= 0.3 is 0 Å². The van der Waals surface area contributed by atoms with Crippen molar-refractivity contribution in [1.82, 2.24) is 9.97 Å². The lowest BCUT2D eigenvalue weighted by molar-refractivity contribution is 0.548. The molecule has 0 amide bonds. The molecule has 0 aliphatic carbocycles. The van der Waals surface area contributed by atoms with Crippen LogP contribution in [0.2, 0.25) is 0 Å². The van der Waals surface area contributed by atoms with Crippen molar-refractivity contribution in [3.63, 3.8) is 0 Å². The molecule has 2 heterocycles. The first-order chi connectivity index (χ1) is 7.18. The number of anilines is 1. The number of oxazole rings is 1. The molecule has 15 heavy (non-hydrogen) atoms. The maximum atomic E-state index is 11.1. The average molecular weight is 204 g/mol. The molecule has 0 saturated carbocycles. The molecule has 0 aliphatic rings. The summed E-state index contributed by atoms with van der Waals surface area (Å²) in [5, 5.41) is 7.76. The van der Waals surface area contributed by atoms with E-state index in [4.69, 9.17) is 15.6 Å². The fraction of sp³-hybridized carbons (Fsp3) is 0. The SMILES string of the molecule is N=C(c1cnco1)c1cc(=O)[nH]cc1N. The molecule has 6 heteroatoms. The summed E-state index contributed by atoms with van der Waals surface area (Å²) >= 11 is 0. The summed E-state index contributed by atoms with van der Waals surface area (Å²) in [4.78, 5) is 17.2. The van der Waals surface area contributed by atoms with E-state index in [0.29, 0.717) is 11.3 Å². The molecule has 4 N–H and O–H groups in total. The lowest BCUT2D eigenvalue weighted by Crippen LogP contribution is -2.12. The van der Waals surface area contributed by atoms with Crippen molar-refractivity contribution in [2.75, 3.05) is 5.73 Å². The summed E-state index contributed by atoms with van der Waals surface area (Å²) in [5.74, 6) is 0.271. The molecule has 2 aromatic rings. The van der Waals surface area contributed by atoms with Gasteiger partial charge in [0.05, 0.1) is 11.9 Å². The second kappa shape index (κ2) is 3.41. The zero-order chi connectivity index (χ0) is 10.8. The molecule has 0 atom stereocenters. The van der Waals surface area contributed by atoms with Gasteiger partial charge in [0.2, 0.25) is 5.56 Å². The normalized spacial score (nSPS) is 10.1. The van der Waals surface area contributed by atoms with Crippen molar-refractivity contribution in [1.29, 1.82) is 5.41 Å². The Labute approximate surface area is 84.3 Å². The molecule has 0 aliphatic heterocycles. The predicted molar refractivity (Wildman–Crippen MR) is 53.9 cm³/mol. The van der Waals surface area contributed by atoms with Crippen LogP contribution in [0.15, 0.2) is 34.1 Å². The van der Waals surface area contributed by atoms with Crippen LogP contribution >= 0.6 is 0 Å². The smallest absolute Gasteiger partial charge is 0.248 e. The number of nitrogens with two attached hydrogens (primary N) is 1. The third-order valence-corrected chi connectivity index (χ3v) is 1.90. The van der Waals surface area contributed by atoms with Crippen LogP contribution < -0.4 is 11.3 Å². The quantitative estimate of drug-likeness (QED) is 0.613. The summed E-state index contributed by atoms with van der Waals surface area (Å²) in [6, 6.07) is 1.25. The molecule has 6 nitrogen and oxygen atoms in total. The maximum absolute atomic E-state index is 11.1. The standard InChI is InChI=1S/C9H8N4O2/c10-6-2-13-8(14)1-5(6)9(11)7-3-12-4-15-7/h1-4,11H,10H2,(H,13,14). The van der Waals surface area contributed by atoms with Crippen molar-refractivity contribution in [3.8, 4) is 0 Å². The van der Waals surface area contributed by atoms with Gasteiger partial charge in [-0.1, -0.05) is 0 Å². The largest absolute Gasteiger partial charge is 0.442 e. The Kier molecular flexibility index (Phi) is 2.09. The second-order valence-corrected chi connectivity index (χ2v) is 2.91. The van der Waals surface area contributed by atoms with Crippen LogP contribution in [0.4, 0.5) is 5.69 Å². The molecule has 0 aromatic carbocycles. The van der Waals surface area contributed by atoms with Crippen molar-refractivity contribution in [2.45, 2.75) is 0 Å². The van der Waals surface area contributed by atoms with Gasteiger partial charge in [-0.25, -0.2) is 4.98 Å². The monoisotopic (exact) mass is 204 g/mol. The van der Waals surface area contributed by atoms with Gasteiger partial charge in [-0.05, 0) is 0 Å². The fourth-order valence-electron chi connectivity index (χ4n) is 1.17. The van der Waals surface area contributed by atoms with Crippen LogP contribution in [0.1, 0.15) is 11.3 Å². The number of pyridine rings is 1. The van der Waals surface area contributed by atoms with Gasteiger partial charge in [-0.3, -0.25) is 10.2 Å². The molecular formula is C9H8N4O2. The molecule has 0 unspecified atom stereocenters. The third-order valence-electron chi connectivity index (χ3n) is 1.90. The van der Waals surface area contributed by atoms with Crippen molar-refractivity contribution < 1.29 is 4.42 Å². The highest BCUT2D eigenvalue weighted by atomic mass is 16.3. The topological polar surface area (TPSA) is 109 Å². The van der Waals surface area contributed by atoms with E-state index >= 15 is 0 Å². The zero-order valence-electron chi connectivity index (χ0n) is 7.65. The Morgan fingerprint density at radius 2 is 2.40 bits per heavy atom. The van der Waals surface area contributed by atoms with E-state index in [-0.39, 0.29) is 17.0 Å². The van der Waals surface area contributed by atoms with E-state index in [9.17, 15) is 4.79 Å². The number of aromatic nitrogens is 2. The minimum absolute atomic E-state index is 0.0381. The Morgan fingerprint density at radius 1 is 1.60 bits per heavy atom. The Bertz CT molecular complexity index is 541. The Balaban J connectivity index is 2.51. The molecule has 0 saturated heterocycles. The van der Waals surface area contributed by atoms with Gasteiger partial charge in [0.15, 0.2) is 12.2 Å². The molecule has 0 radical (unpaired) electrons. The molecule has 2 rings (SSSR count). The first-order valence-electron chi connectivity index (χ1n) is 4.14. The van der Waals surface area contributed by atoms with Gasteiger partial charge in [0, 0.05) is 17.8 Å².